The highest BCUT2D eigenvalue weighted by Crippen LogP contribution is 2.29. The Kier molecular flexibility index (Phi) is 5.24. The van der Waals surface area contributed by atoms with Crippen molar-refractivity contribution in [2.24, 2.45) is 0 Å². The topological polar surface area (TPSA) is 78.2 Å². The number of hydrogen-bond donors (Lipinski definition) is 1. The van der Waals surface area contributed by atoms with Crippen LogP contribution in [-0.2, 0) is 11.3 Å². The van der Waals surface area contributed by atoms with Crippen LogP contribution in [0.1, 0.15) is 43.8 Å². The fourth-order valence-corrected chi connectivity index (χ4v) is 2.84. The van der Waals surface area contributed by atoms with E-state index in [0.29, 0.717) is 5.56 Å². The van der Waals surface area contributed by atoms with Crippen molar-refractivity contribution in [1.29, 1.82) is 0 Å². The third-order valence-electron chi connectivity index (χ3n) is 4.51. The Morgan fingerprint density at radius 2 is 2.00 bits per heavy atom. The molecule has 27 heavy (non-hydrogen) atoms. The molecule has 1 aliphatic carbocycles. The number of halogens is 3. The van der Waals surface area contributed by atoms with Gasteiger partial charge in [-0.2, -0.15) is 5.10 Å². The summed E-state index contributed by atoms with van der Waals surface area (Å²) >= 11 is 0. The summed E-state index contributed by atoms with van der Waals surface area (Å²) in [4.78, 5) is 24.4. The summed E-state index contributed by atoms with van der Waals surface area (Å²) in [5.41, 5.74) is 0.279. The molecular weight excluding hydrogens is 365 g/mol. The number of rotatable bonds is 6. The number of carbonyl (C=O) groups is 1. The molecule has 0 radical (unpaired) electrons. The first-order valence-electron chi connectivity index (χ1n) is 8.52. The van der Waals surface area contributed by atoms with Gasteiger partial charge in [0, 0.05) is 6.04 Å². The standard InChI is InChI=1S/C17H19F3N4O3/c1-11(12-5-7-14(8-6-12)27-17(18,19)20)22-15(25)9-24-16(26)23(10-21-24)13-3-2-4-13/h5-8,10-11,13H,2-4,9H2,1H3,(H,22,25)/t11-/m0/s1. The van der Waals surface area contributed by atoms with Crippen LogP contribution in [0.15, 0.2) is 35.4 Å². The van der Waals surface area contributed by atoms with E-state index in [1.807, 2.05) is 0 Å². The van der Waals surface area contributed by atoms with Crippen LogP contribution in [0.5, 0.6) is 5.75 Å². The Hall–Kier alpha value is -2.78. The predicted molar refractivity (Wildman–Crippen MR) is 89.1 cm³/mol. The second-order valence-corrected chi connectivity index (χ2v) is 6.47. The summed E-state index contributed by atoms with van der Waals surface area (Å²) in [6.07, 6.45) is -0.363. The fraction of sp³-hybridized carbons (Fsp3) is 0.471. The number of aromatic nitrogens is 3. The molecular formula is C17H19F3N4O3. The number of amides is 1. The lowest BCUT2D eigenvalue weighted by molar-refractivity contribution is -0.274. The Morgan fingerprint density at radius 3 is 2.56 bits per heavy atom. The second kappa shape index (κ2) is 7.45. The molecule has 1 aromatic heterocycles. The average molecular weight is 384 g/mol. The molecule has 3 rings (SSSR count). The smallest absolute Gasteiger partial charge is 0.406 e. The number of carbonyl (C=O) groups excluding carboxylic acids is 1. The van der Waals surface area contributed by atoms with Gasteiger partial charge in [-0.25, -0.2) is 9.48 Å². The Bertz CT molecular complexity index is 854. The second-order valence-electron chi connectivity index (χ2n) is 6.47. The molecule has 0 bridgehead atoms. The van der Waals surface area contributed by atoms with Crippen molar-refractivity contribution in [3.8, 4) is 5.75 Å². The molecule has 1 aromatic carbocycles. The number of nitrogens with one attached hydrogen (secondary N) is 1. The van der Waals surface area contributed by atoms with Crippen molar-refractivity contribution >= 4 is 5.91 Å². The van der Waals surface area contributed by atoms with Crippen LogP contribution in [0, 0.1) is 0 Å². The lowest BCUT2D eigenvalue weighted by Gasteiger charge is -2.25. The van der Waals surface area contributed by atoms with E-state index >= 15 is 0 Å². The summed E-state index contributed by atoms with van der Waals surface area (Å²) in [6.45, 7) is 1.46. The van der Waals surface area contributed by atoms with Gasteiger partial charge in [-0.1, -0.05) is 12.1 Å². The van der Waals surface area contributed by atoms with Crippen LogP contribution in [0.25, 0.3) is 0 Å². The lowest BCUT2D eigenvalue weighted by atomic mass is 9.93. The molecule has 2 aromatic rings. The molecule has 1 heterocycles. The van der Waals surface area contributed by atoms with E-state index < -0.39 is 18.3 Å². The molecule has 0 unspecified atom stereocenters. The Labute approximate surface area is 152 Å². The molecule has 7 nitrogen and oxygen atoms in total. The number of nitrogens with zero attached hydrogens (tertiary/aromatic N) is 3. The van der Waals surface area contributed by atoms with Gasteiger partial charge in [0.1, 0.15) is 18.6 Å². The zero-order chi connectivity index (χ0) is 19.6. The SMILES string of the molecule is C[C@H](NC(=O)Cn1ncn(C2CCC2)c1=O)c1ccc(OC(F)(F)F)cc1. The van der Waals surface area contributed by atoms with Crippen molar-refractivity contribution in [1.82, 2.24) is 19.7 Å². The molecule has 146 valence electrons. The van der Waals surface area contributed by atoms with E-state index in [1.54, 1.807) is 11.5 Å². The normalized spacial score (nSPS) is 15.9. The predicted octanol–water partition coefficient (Wildman–Crippen LogP) is 2.55. The first-order valence-corrected chi connectivity index (χ1v) is 8.52. The van der Waals surface area contributed by atoms with Crippen LogP contribution in [-0.4, -0.2) is 26.6 Å². The zero-order valence-electron chi connectivity index (χ0n) is 14.6. The van der Waals surface area contributed by atoms with E-state index in [9.17, 15) is 22.8 Å². The van der Waals surface area contributed by atoms with E-state index in [-0.39, 0.29) is 24.0 Å². The summed E-state index contributed by atoms with van der Waals surface area (Å²) in [6, 6.07) is 4.92. The highest BCUT2D eigenvalue weighted by Gasteiger charge is 2.31. The van der Waals surface area contributed by atoms with Crippen LogP contribution in [0.3, 0.4) is 0 Å². The quantitative estimate of drug-likeness (QED) is 0.830. The number of ether oxygens (including phenoxy) is 1. The highest BCUT2D eigenvalue weighted by atomic mass is 19.4. The van der Waals surface area contributed by atoms with Gasteiger partial charge >= 0.3 is 12.1 Å². The van der Waals surface area contributed by atoms with Crippen LogP contribution >= 0.6 is 0 Å². The summed E-state index contributed by atoms with van der Waals surface area (Å²) < 4.78 is 43.0. The van der Waals surface area contributed by atoms with Crippen molar-refractivity contribution in [2.75, 3.05) is 0 Å². The molecule has 0 spiro atoms. The molecule has 1 N–H and O–H groups in total. The van der Waals surface area contributed by atoms with E-state index in [2.05, 4.69) is 15.2 Å². The average Bonchev–Trinajstić information content (AvgIpc) is 2.86. The van der Waals surface area contributed by atoms with Crippen molar-refractivity contribution < 1.29 is 22.7 Å². The van der Waals surface area contributed by atoms with E-state index in [0.717, 1.165) is 23.9 Å². The molecule has 1 saturated carbocycles. The van der Waals surface area contributed by atoms with Crippen molar-refractivity contribution in [3.63, 3.8) is 0 Å². The van der Waals surface area contributed by atoms with Gasteiger partial charge in [0.2, 0.25) is 5.91 Å². The molecule has 0 saturated heterocycles. The van der Waals surface area contributed by atoms with Crippen molar-refractivity contribution in [2.45, 2.75) is 51.2 Å². The molecule has 1 aliphatic rings. The minimum Gasteiger partial charge on any atom is -0.406 e. The monoisotopic (exact) mass is 384 g/mol. The molecule has 0 aliphatic heterocycles. The summed E-state index contributed by atoms with van der Waals surface area (Å²) in [7, 11) is 0. The van der Waals surface area contributed by atoms with Gasteiger partial charge < -0.3 is 10.1 Å². The minimum atomic E-state index is -4.75. The van der Waals surface area contributed by atoms with Gasteiger partial charge in [0.05, 0.1) is 6.04 Å². The van der Waals surface area contributed by atoms with Gasteiger partial charge in [-0.3, -0.25) is 9.36 Å². The van der Waals surface area contributed by atoms with Gasteiger partial charge in [0.25, 0.3) is 0 Å². The van der Waals surface area contributed by atoms with Crippen molar-refractivity contribution in [3.05, 3.63) is 46.6 Å². The first-order chi connectivity index (χ1) is 12.7. The Morgan fingerprint density at radius 1 is 1.33 bits per heavy atom. The maximum atomic E-state index is 12.2. The van der Waals surface area contributed by atoms with Crippen LogP contribution in [0.2, 0.25) is 0 Å². The van der Waals surface area contributed by atoms with Crippen LogP contribution in [0.4, 0.5) is 13.2 Å². The van der Waals surface area contributed by atoms with Gasteiger partial charge in [-0.05, 0) is 43.9 Å². The van der Waals surface area contributed by atoms with E-state index in [4.69, 9.17) is 0 Å². The largest absolute Gasteiger partial charge is 0.573 e. The third kappa shape index (κ3) is 4.69. The Balaban J connectivity index is 1.57. The number of alkyl halides is 3. The number of hydrogen-bond acceptors (Lipinski definition) is 4. The summed E-state index contributed by atoms with van der Waals surface area (Å²) in [5, 5.41) is 6.66. The zero-order valence-corrected chi connectivity index (χ0v) is 14.6. The van der Waals surface area contributed by atoms with E-state index in [1.165, 1.54) is 30.6 Å². The van der Waals surface area contributed by atoms with Crippen LogP contribution < -0.4 is 15.7 Å². The minimum absolute atomic E-state index is 0.158. The number of benzene rings is 1. The fourth-order valence-electron chi connectivity index (χ4n) is 2.84. The molecule has 10 heteroatoms. The summed E-state index contributed by atoms with van der Waals surface area (Å²) in [5.74, 6) is -0.753. The van der Waals surface area contributed by atoms with Gasteiger partial charge in [-0.15, -0.1) is 13.2 Å². The van der Waals surface area contributed by atoms with Gasteiger partial charge in [0.15, 0.2) is 0 Å². The molecule has 1 fully saturated rings. The molecule has 1 amide bonds. The first kappa shape index (κ1) is 19.0. The molecule has 1 atom stereocenters. The third-order valence-corrected chi connectivity index (χ3v) is 4.51. The maximum absolute atomic E-state index is 12.2. The lowest BCUT2D eigenvalue weighted by Crippen LogP contribution is -2.36. The maximum Gasteiger partial charge on any atom is 0.573 e. The highest BCUT2D eigenvalue weighted by molar-refractivity contribution is 5.76.